The van der Waals surface area contributed by atoms with E-state index in [1.807, 2.05) is 18.2 Å². The lowest BCUT2D eigenvalue weighted by molar-refractivity contribution is 0.191. The van der Waals surface area contributed by atoms with Gasteiger partial charge in [0.25, 0.3) is 0 Å². The van der Waals surface area contributed by atoms with Crippen molar-refractivity contribution in [3.05, 3.63) is 23.8 Å². The monoisotopic (exact) mass is 297 g/mol. The van der Waals surface area contributed by atoms with Gasteiger partial charge >= 0.3 is 6.09 Å². The first-order valence-electron chi connectivity index (χ1n) is 6.38. The first kappa shape index (κ1) is 14.8. The van der Waals surface area contributed by atoms with Crippen LogP contribution in [0.4, 0.5) is 16.2 Å². The number of nitrogens with one attached hydrogen (secondary N) is 1. The summed E-state index contributed by atoms with van der Waals surface area (Å²) in [4.78, 5) is 12.8. The Morgan fingerprint density at radius 2 is 2.40 bits per heavy atom. The van der Waals surface area contributed by atoms with Gasteiger partial charge in [0, 0.05) is 30.0 Å². The molecule has 1 unspecified atom stereocenters. The van der Waals surface area contributed by atoms with Gasteiger partial charge in [-0.2, -0.15) is 0 Å². The number of carbonyl (C=O) groups is 1. The molecule has 2 rings (SSSR count). The van der Waals surface area contributed by atoms with Gasteiger partial charge in [0.05, 0.1) is 12.3 Å². The fourth-order valence-electron chi connectivity index (χ4n) is 2.52. The molecule has 2 atom stereocenters. The summed E-state index contributed by atoms with van der Waals surface area (Å²) < 4.78 is 11.5. The van der Waals surface area contributed by atoms with Crippen LogP contribution in [-0.2, 0) is 16.9 Å². The SMILES string of the molecule is C[S+]([O-])Cc1cc(N)ccc1N1CC[C@H](NC(=O)O)C1. The second-order valence-corrected chi connectivity index (χ2v) is 6.42. The van der Waals surface area contributed by atoms with Crippen molar-refractivity contribution in [3.8, 4) is 0 Å². The molecule has 0 spiro atoms. The van der Waals surface area contributed by atoms with Crippen LogP contribution in [-0.4, -0.2) is 41.1 Å². The van der Waals surface area contributed by atoms with E-state index in [1.165, 1.54) is 0 Å². The Hall–Kier alpha value is -1.60. The van der Waals surface area contributed by atoms with E-state index in [1.54, 1.807) is 6.26 Å². The van der Waals surface area contributed by atoms with Gasteiger partial charge in [0.2, 0.25) is 0 Å². The van der Waals surface area contributed by atoms with Crippen molar-refractivity contribution in [2.45, 2.75) is 18.2 Å². The highest BCUT2D eigenvalue weighted by atomic mass is 32.2. The number of carboxylic acid groups (broad SMARTS) is 1. The van der Waals surface area contributed by atoms with E-state index in [2.05, 4.69) is 10.2 Å². The average molecular weight is 297 g/mol. The van der Waals surface area contributed by atoms with Gasteiger partial charge in [0.15, 0.2) is 0 Å². The van der Waals surface area contributed by atoms with Crippen LogP contribution in [0.1, 0.15) is 12.0 Å². The van der Waals surface area contributed by atoms with Gasteiger partial charge < -0.3 is 25.6 Å². The number of nitrogen functional groups attached to an aromatic ring is 1. The molecule has 1 heterocycles. The molecule has 1 aliphatic rings. The molecular formula is C13H19N3O3S. The van der Waals surface area contributed by atoms with E-state index in [9.17, 15) is 9.35 Å². The van der Waals surface area contributed by atoms with Crippen molar-refractivity contribution < 1.29 is 14.5 Å². The largest absolute Gasteiger partial charge is 0.616 e. The topological polar surface area (TPSA) is 102 Å². The molecule has 0 saturated carbocycles. The third-order valence-electron chi connectivity index (χ3n) is 3.32. The molecule has 1 fully saturated rings. The lowest BCUT2D eigenvalue weighted by Gasteiger charge is -2.22. The molecule has 0 bridgehead atoms. The highest BCUT2D eigenvalue weighted by Gasteiger charge is 2.26. The molecule has 0 aromatic heterocycles. The van der Waals surface area contributed by atoms with Crippen molar-refractivity contribution in [1.29, 1.82) is 0 Å². The predicted molar refractivity (Wildman–Crippen MR) is 80.4 cm³/mol. The molecule has 1 aromatic rings. The molecule has 6 nitrogen and oxygen atoms in total. The van der Waals surface area contributed by atoms with Crippen molar-refractivity contribution in [1.82, 2.24) is 5.32 Å². The van der Waals surface area contributed by atoms with Gasteiger partial charge in [-0.15, -0.1) is 0 Å². The summed E-state index contributed by atoms with van der Waals surface area (Å²) >= 11 is -0.945. The van der Waals surface area contributed by atoms with Gasteiger partial charge in [-0.25, -0.2) is 4.79 Å². The van der Waals surface area contributed by atoms with Crippen LogP contribution in [0.3, 0.4) is 0 Å². The van der Waals surface area contributed by atoms with E-state index >= 15 is 0 Å². The second kappa shape index (κ2) is 6.23. The molecular weight excluding hydrogens is 278 g/mol. The Bertz CT molecular complexity index is 496. The molecule has 1 aromatic carbocycles. The number of benzene rings is 1. The van der Waals surface area contributed by atoms with Crippen molar-refractivity contribution in [2.75, 3.05) is 30.0 Å². The van der Waals surface area contributed by atoms with Crippen molar-refractivity contribution in [2.24, 2.45) is 0 Å². The Morgan fingerprint density at radius 1 is 1.65 bits per heavy atom. The molecule has 1 aliphatic heterocycles. The summed E-state index contributed by atoms with van der Waals surface area (Å²) in [5.74, 6) is 0.452. The number of rotatable bonds is 4. The highest BCUT2D eigenvalue weighted by Crippen LogP contribution is 2.28. The van der Waals surface area contributed by atoms with Gasteiger partial charge in [-0.3, -0.25) is 0 Å². The summed E-state index contributed by atoms with van der Waals surface area (Å²) in [5.41, 5.74) is 8.37. The first-order valence-corrected chi connectivity index (χ1v) is 8.11. The summed E-state index contributed by atoms with van der Waals surface area (Å²) in [6, 6.07) is 5.51. The maximum atomic E-state index is 11.5. The number of anilines is 2. The predicted octanol–water partition coefficient (Wildman–Crippen LogP) is 0.994. The third kappa shape index (κ3) is 3.71. The average Bonchev–Trinajstić information content (AvgIpc) is 2.75. The smallest absolute Gasteiger partial charge is 0.404 e. The quantitative estimate of drug-likeness (QED) is 0.568. The lowest BCUT2D eigenvalue weighted by Crippen LogP contribution is -2.36. The Balaban J connectivity index is 2.14. The molecule has 110 valence electrons. The minimum absolute atomic E-state index is 0.0648. The zero-order chi connectivity index (χ0) is 14.7. The molecule has 1 saturated heterocycles. The number of amides is 1. The molecule has 0 aliphatic carbocycles. The van der Waals surface area contributed by atoms with Crippen LogP contribution in [0.5, 0.6) is 0 Å². The Morgan fingerprint density at radius 3 is 3.05 bits per heavy atom. The normalized spacial score (nSPS) is 19.9. The molecule has 7 heteroatoms. The van der Waals surface area contributed by atoms with Crippen LogP contribution in [0.2, 0.25) is 0 Å². The number of hydrogen-bond donors (Lipinski definition) is 3. The van der Waals surface area contributed by atoms with Crippen LogP contribution in [0, 0.1) is 0 Å². The van der Waals surface area contributed by atoms with E-state index in [-0.39, 0.29) is 6.04 Å². The Kier molecular flexibility index (Phi) is 4.61. The highest BCUT2D eigenvalue weighted by molar-refractivity contribution is 7.89. The number of nitrogens with two attached hydrogens (primary N) is 1. The van der Waals surface area contributed by atoms with Gasteiger partial charge in [0.1, 0.15) is 5.75 Å². The summed E-state index contributed by atoms with van der Waals surface area (Å²) in [7, 11) is 0. The minimum atomic E-state index is -0.996. The fraction of sp³-hybridized carbons (Fsp3) is 0.462. The zero-order valence-corrected chi connectivity index (χ0v) is 12.2. The van der Waals surface area contributed by atoms with E-state index in [0.717, 1.165) is 24.2 Å². The summed E-state index contributed by atoms with van der Waals surface area (Å²) in [6.07, 6.45) is 1.43. The van der Waals surface area contributed by atoms with Gasteiger partial charge in [-0.05, 0) is 24.6 Å². The number of nitrogens with zero attached hydrogens (tertiary/aromatic N) is 1. The van der Waals surface area contributed by atoms with Crippen molar-refractivity contribution >= 4 is 28.6 Å². The van der Waals surface area contributed by atoms with E-state index < -0.39 is 17.3 Å². The maximum Gasteiger partial charge on any atom is 0.404 e. The van der Waals surface area contributed by atoms with Gasteiger partial charge in [-0.1, -0.05) is 11.2 Å². The van der Waals surface area contributed by atoms with Crippen LogP contribution in [0.15, 0.2) is 18.2 Å². The molecule has 0 radical (unpaired) electrons. The minimum Gasteiger partial charge on any atom is -0.616 e. The number of hydrogen-bond acceptors (Lipinski definition) is 4. The van der Waals surface area contributed by atoms with Crippen molar-refractivity contribution in [3.63, 3.8) is 0 Å². The lowest BCUT2D eigenvalue weighted by atomic mass is 10.1. The van der Waals surface area contributed by atoms with Crippen LogP contribution >= 0.6 is 0 Å². The van der Waals surface area contributed by atoms with Crippen LogP contribution in [0.25, 0.3) is 0 Å². The zero-order valence-electron chi connectivity index (χ0n) is 11.3. The second-order valence-electron chi connectivity index (χ2n) is 4.99. The maximum absolute atomic E-state index is 11.5. The summed E-state index contributed by atoms with van der Waals surface area (Å²) in [5, 5.41) is 11.3. The van der Waals surface area contributed by atoms with E-state index in [0.29, 0.717) is 18.0 Å². The third-order valence-corrected chi connectivity index (χ3v) is 4.04. The molecule has 20 heavy (non-hydrogen) atoms. The molecule has 4 N–H and O–H groups in total. The van der Waals surface area contributed by atoms with E-state index in [4.69, 9.17) is 10.8 Å². The fourth-order valence-corrected chi connectivity index (χ4v) is 3.19. The van der Waals surface area contributed by atoms with Crippen LogP contribution < -0.4 is 16.0 Å². The summed E-state index contributed by atoms with van der Waals surface area (Å²) in [6.45, 7) is 1.40. The first-order chi connectivity index (χ1) is 9.45. The standard InChI is InChI=1S/C13H19N3O3S/c1-20(19)8-9-6-10(14)2-3-12(9)16-5-4-11(7-16)15-13(17)18/h2-3,6,11,15H,4-5,7-8,14H2,1H3,(H,17,18)/t11-,20?/m0/s1. The molecule has 1 amide bonds. The Labute approximate surface area is 121 Å².